The van der Waals surface area contributed by atoms with Gasteiger partial charge in [-0.25, -0.2) is 0 Å². The molecule has 20 heavy (non-hydrogen) atoms. The van der Waals surface area contributed by atoms with Crippen molar-refractivity contribution in [3.05, 3.63) is 71.4 Å². The fourth-order valence-electron chi connectivity index (χ4n) is 2.36. The maximum atomic E-state index is 2.33. The summed E-state index contributed by atoms with van der Waals surface area (Å²) in [7, 11) is 0. The summed E-state index contributed by atoms with van der Waals surface area (Å²) in [6.07, 6.45) is 3.21. The van der Waals surface area contributed by atoms with Crippen molar-refractivity contribution in [2.75, 3.05) is 4.90 Å². The van der Waals surface area contributed by atoms with Crippen LogP contribution in [0.2, 0.25) is 0 Å². The Morgan fingerprint density at radius 2 is 1.25 bits per heavy atom. The number of rotatable bonds is 4. The first-order valence-corrected chi connectivity index (χ1v) is 7.24. The third kappa shape index (κ3) is 3.11. The summed E-state index contributed by atoms with van der Waals surface area (Å²) in [4.78, 5) is 2.33. The highest BCUT2D eigenvalue weighted by atomic mass is 15.1. The summed E-state index contributed by atoms with van der Waals surface area (Å²) >= 11 is 0. The predicted octanol–water partition coefficient (Wildman–Crippen LogP) is 5.76. The summed E-state index contributed by atoms with van der Waals surface area (Å²) in [6, 6.07) is 17.4. The molecule has 0 heterocycles. The average molecular weight is 265 g/mol. The monoisotopic (exact) mass is 265 g/mol. The van der Waals surface area contributed by atoms with Gasteiger partial charge in [-0.3, -0.25) is 0 Å². The molecule has 0 spiro atoms. The molecule has 0 saturated carbocycles. The lowest BCUT2D eigenvalue weighted by molar-refractivity contribution is 1.01. The second kappa shape index (κ2) is 6.42. The second-order valence-corrected chi connectivity index (χ2v) is 5.14. The highest BCUT2D eigenvalue weighted by molar-refractivity contribution is 5.68. The molecule has 0 bridgehead atoms. The van der Waals surface area contributed by atoms with Crippen molar-refractivity contribution in [1.29, 1.82) is 0 Å². The Labute approximate surface area is 122 Å². The lowest BCUT2D eigenvalue weighted by atomic mass is 10.1. The van der Waals surface area contributed by atoms with Crippen LogP contribution in [0.3, 0.4) is 0 Å². The van der Waals surface area contributed by atoms with Gasteiger partial charge < -0.3 is 4.90 Å². The molecule has 0 aliphatic rings. The van der Waals surface area contributed by atoms with Gasteiger partial charge in [0.15, 0.2) is 0 Å². The molecule has 2 aromatic rings. The summed E-state index contributed by atoms with van der Waals surface area (Å²) in [6.45, 7) is 8.55. The molecule has 0 aromatic heterocycles. The van der Waals surface area contributed by atoms with Gasteiger partial charge in [0.05, 0.1) is 0 Å². The molecule has 0 aliphatic heterocycles. The molecule has 2 aromatic carbocycles. The van der Waals surface area contributed by atoms with Crippen LogP contribution >= 0.6 is 0 Å². The molecular formula is C19H23N. The molecule has 2 rings (SSSR count). The molecule has 0 saturated heterocycles. The van der Waals surface area contributed by atoms with Gasteiger partial charge in [-0.05, 0) is 51.5 Å². The van der Waals surface area contributed by atoms with Gasteiger partial charge in [0.1, 0.15) is 0 Å². The van der Waals surface area contributed by atoms with Crippen LogP contribution in [0, 0.1) is 13.8 Å². The number of aryl methyl sites for hydroxylation is 2. The number of nitrogens with zero attached hydrogens (tertiary/aromatic N) is 1. The third-order valence-electron chi connectivity index (χ3n) is 3.57. The van der Waals surface area contributed by atoms with Crippen molar-refractivity contribution < 1.29 is 0 Å². The SMILES string of the molecule is CC=C(CC)N(c1ccc(C)cc1)c1ccc(C)cc1. The van der Waals surface area contributed by atoms with Crippen molar-refractivity contribution >= 4 is 11.4 Å². The molecule has 0 aliphatic carbocycles. The van der Waals surface area contributed by atoms with Crippen LogP contribution in [0.15, 0.2) is 60.3 Å². The minimum Gasteiger partial charge on any atom is -0.315 e. The number of anilines is 2. The molecule has 0 unspecified atom stereocenters. The Bertz CT molecular complexity index is 531. The van der Waals surface area contributed by atoms with E-state index >= 15 is 0 Å². The van der Waals surface area contributed by atoms with Gasteiger partial charge in [-0.15, -0.1) is 0 Å². The van der Waals surface area contributed by atoms with Crippen molar-refractivity contribution in [1.82, 2.24) is 0 Å². The first kappa shape index (κ1) is 14.4. The van der Waals surface area contributed by atoms with Crippen molar-refractivity contribution in [3.63, 3.8) is 0 Å². The van der Waals surface area contributed by atoms with Gasteiger partial charge >= 0.3 is 0 Å². The molecular weight excluding hydrogens is 242 g/mol. The topological polar surface area (TPSA) is 3.24 Å². The van der Waals surface area contributed by atoms with E-state index in [1.165, 1.54) is 28.2 Å². The van der Waals surface area contributed by atoms with Crippen LogP contribution in [0.4, 0.5) is 11.4 Å². The van der Waals surface area contributed by atoms with Gasteiger partial charge in [0.2, 0.25) is 0 Å². The van der Waals surface area contributed by atoms with Gasteiger partial charge in [0, 0.05) is 17.1 Å². The van der Waals surface area contributed by atoms with Crippen LogP contribution in [-0.2, 0) is 0 Å². The van der Waals surface area contributed by atoms with Crippen LogP contribution in [0.1, 0.15) is 31.4 Å². The van der Waals surface area contributed by atoms with E-state index in [2.05, 4.69) is 87.2 Å². The second-order valence-electron chi connectivity index (χ2n) is 5.14. The molecule has 104 valence electrons. The van der Waals surface area contributed by atoms with E-state index in [9.17, 15) is 0 Å². The normalized spacial score (nSPS) is 11.5. The fourth-order valence-corrected chi connectivity index (χ4v) is 2.36. The zero-order chi connectivity index (χ0) is 14.5. The first-order valence-electron chi connectivity index (χ1n) is 7.24. The molecule has 0 N–H and O–H groups in total. The van der Waals surface area contributed by atoms with Crippen molar-refractivity contribution in [3.8, 4) is 0 Å². The maximum Gasteiger partial charge on any atom is 0.0458 e. The van der Waals surface area contributed by atoms with Crippen molar-refractivity contribution in [2.24, 2.45) is 0 Å². The van der Waals surface area contributed by atoms with E-state index in [4.69, 9.17) is 0 Å². The van der Waals surface area contributed by atoms with E-state index in [1.54, 1.807) is 0 Å². The Hall–Kier alpha value is -2.02. The summed E-state index contributed by atoms with van der Waals surface area (Å²) in [5.74, 6) is 0. The fraction of sp³-hybridized carbons (Fsp3) is 0.263. The third-order valence-corrected chi connectivity index (χ3v) is 3.57. The van der Waals surface area contributed by atoms with E-state index < -0.39 is 0 Å². The van der Waals surface area contributed by atoms with Crippen LogP contribution in [-0.4, -0.2) is 0 Å². The summed E-state index contributed by atoms with van der Waals surface area (Å²) < 4.78 is 0. The zero-order valence-corrected chi connectivity index (χ0v) is 12.9. The minimum absolute atomic E-state index is 1.01. The molecule has 1 nitrogen and oxygen atoms in total. The van der Waals surface area contributed by atoms with Gasteiger partial charge in [-0.1, -0.05) is 48.4 Å². The zero-order valence-electron chi connectivity index (χ0n) is 12.9. The number of hydrogen-bond acceptors (Lipinski definition) is 1. The summed E-state index contributed by atoms with van der Waals surface area (Å²) in [5.41, 5.74) is 6.33. The standard InChI is InChI=1S/C19H23N/c1-5-17(6-2)20(18-11-7-15(3)8-12-18)19-13-9-16(4)10-14-19/h5,7-14H,6H2,1-4H3. The molecule has 0 fully saturated rings. The Kier molecular flexibility index (Phi) is 4.62. The van der Waals surface area contributed by atoms with Crippen LogP contribution < -0.4 is 4.90 Å². The maximum absolute atomic E-state index is 2.33. The lowest BCUT2D eigenvalue weighted by Gasteiger charge is -2.27. The molecule has 0 amide bonds. The van der Waals surface area contributed by atoms with Crippen LogP contribution in [0.25, 0.3) is 0 Å². The number of hydrogen-bond donors (Lipinski definition) is 0. The predicted molar refractivity (Wildman–Crippen MR) is 88.5 cm³/mol. The Balaban J connectivity index is 2.49. The molecule has 1 heteroatoms. The largest absolute Gasteiger partial charge is 0.315 e. The smallest absolute Gasteiger partial charge is 0.0458 e. The number of benzene rings is 2. The molecule has 0 radical (unpaired) electrons. The van der Waals surface area contributed by atoms with E-state index in [0.29, 0.717) is 0 Å². The van der Waals surface area contributed by atoms with Crippen molar-refractivity contribution in [2.45, 2.75) is 34.1 Å². The van der Waals surface area contributed by atoms with E-state index in [-0.39, 0.29) is 0 Å². The van der Waals surface area contributed by atoms with Gasteiger partial charge in [0.25, 0.3) is 0 Å². The highest BCUT2D eigenvalue weighted by Crippen LogP contribution is 2.31. The van der Waals surface area contributed by atoms with Crippen LogP contribution in [0.5, 0.6) is 0 Å². The Morgan fingerprint density at radius 3 is 1.55 bits per heavy atom. The first-order chi connectivity index (χ1) is 9.65. The summed E-state index contributed by atoms with van der Waals surface area (Å²) in [5, 5.41) is 0. The van der Waals surface area contributed by atoms with Gasteiger partial charge in [-0.2, -0.15) is 0 Å². The highest BCUT2D eigenvalue weighted by Gasteiger charge is 2.12. The average Bonchev–Trinajstić information content (AvgIpc) is 2.47. The quantitative estimate of drug-likeness (QED) is 0.679. The minimum atomic E-state index is 1.01. The Morgan fingerprint density at radius 1 is 0.850 bits per heavy atom. The molecule has 0 atom stereocenters. The number of allylic oxidation sites excluding steroid dienone is 2. The van der Waals surface area contributed by atoms with E-state index in [0.717, 1.165) is 6.42 Å². The van der Waals surface area contributed by atoms with E-state index in [1.807, 2.05) is 0 Å². The lowest BCUT2D eigenvalue weighted by Crippen LogP contribution is -2.15.